The first-order valence-corrected chi connectivity index (χ1v) is 9.75. The summed E-state index contributed by atoms with van der Waals surface area (Å²) >= 11 is 8.46. The lowest BCUT2D eigenvalue weighted by Gasteiger charge is -2.11. The van der Waals surface area contributed by atoms with Crippen LogP contribution >= 0.6 is 50.8 Å². The van der Waals surface area contributed by atoms with Gasteiger partial charge in [-0.2, -0.15) is 0 Å². The normalized spacial score (nSPS) is 10.7. The highest BCUT2D eigenvalue weighted by molar-refractivity contribution is 9.10. The van der Waals surface area contributed by atoms with E-state index in [0.717, 1.165) is 41.7 Å². The van der Waals surface area contributed by atoms with Crippen molar-refractivity contribution in [3.05, 3.63) is 22.2 Å². The quantitative estimate of drug-likeness (QED) is 0.619. The van der Waals surface area contributed by atoms with E-state index in [1.165, 1.54) is 0 Å². The van der Waals surface area contributed by atoms with Gasteiger partial charge in [0, 0.05) is 11.3 Å². The van der Waals surface area contributed by atoms with Gasteiger partial charge in [-0.1, -0.05) is 41.8 Å². The molecule has 0 N–H and O–H groups in total. The molecule has 0 fully saturated rings. The number of ether oxygens (including phenoxy) is 2. The molecule has 1 aromatic heterocycles. The van der Waals surface area contributed by atoms with Gasteiger partial charge in [0.25, 0.3) is 0 Å². The molecule has 8 heteroatoms. The molecule has 2 rings (SSSR count). The van der Waals surface area contributed by atoms with Crippen molar-refractivity contribution >= 4 is 50.8 Å². The highest BCUT2D eigenvalue weighted by Gasteiger charge is 2.12. The molecule has 0 bridgehead atoms. The maximum atomic E-state index is 5.42. The van der Waals surface area contributed by atoms with Gasteiger partial charge in [-0.15, -0.1) is 10.2 Å². The maximum Gasteiger partial charge on any atom is 0.175 e. The summed E-state index contributed by atoms with van der Waals surface area (Å²) in [6, 6.07) is 3.91. The van der Waals surface area contributed by atoms with Crippen molar-refractivity contribution < 1.29 is 9.47 Å². The van der Waals surface area contributed by atoms with Crippen LogP contribution in [0.1, 0.15) is 12.5 Å². The molecule has 0 unspecified atom stereocenters. The number of hydrogen-bond acceptors (Lipinski definition) is 7. The van der Waals surface area contributed by atoms with Gasteiger partial charge in [0.15, 0.2) is 8.68 Å². The van der Waals surface area contributed by atoms with E-state index < -0.39 is 0 Å². The lowest BCUT2D eigenvalue weighted by atomic mass is 10.2. The van der Waals surface area contributed by atoms with Crippen LogP contribution in [0.5, 0.6) is 11.5 Å². The van der Waals surface area contributed by atoms with Crippen LogP contribution in [0, 0.1) is 0 Å². The minimum Gasteiger partial charge on any atom is -0.496 e. The van der Waals surface area contributed by atoms with Crippen molar-refractivity contribution in [2.45, 2.75) is 21.4 Å². The highest BCUT2D eigenvalue weighted by Crippen LogP contribution is 2.37. The van der Waals surface area contributed by atoms with Crippen molar-refractivity contribution in [2.75, 3.05) is 20.0 Å². The third kappa shape index (κ3) is 4.51. The van der Waals surface area contributed by atoms with E-state index in [4.69, 9.17) is 9.47 Å². The topological polar surface area (TPSA) is 44.2 Å². The van der Waals surface area contributed by atoms with Gasteiger partial charge < -0.3 is 9.47 Å². The van der Waals surface area contributed by atoms with Gasteiger partial charge >= 0.3 is 0 Å². The Hall–Kier alpha value is -0.440. The molecule has 0 saturated carbocycles. The molecule has 0 spiro atoms. The average Bonchev–Trinajstić information content (AvgIpc) is 2.93. The second-order valence-corrected chi connectivity index (χ2v) is 8.42. The number of aromatic nitrogens is 2. The maximum absolute atomic E-state index is 5.42. The monoisotopic (exact) mass is 406 g/mol. The van der Waals surface area contributed by atoms with Gasteiger partial charge in [0.05, 0.1) is 18.7 Å². The molecule has 0 saturated heterocycles. The van der Waals surface area contributed by atoms with Crippen LogP contribution < -0.4 is 9.47 Å². The van der Waals surface area contributed by atoms with Crippen molar-refractivity contribution in [1.29, 1.82) is 0 Å². The van der Waals surface area contributed by atoms with Crippen LogP contribution in [-0.2, 0) is 5.75 Å². The standard InChI is InChI=1S/C13H15BrN2O2S3/c1-4-19-12-15-16-13(21-12)20-7-8-5-11(18-3)9(14)6-10(8)17-2/h5-6H,4,7H2,1-3H3. The van der Waals surface area contributed by atoms with Crippen LogP contribution in [-0.4, -0.2) is 30.2 Å². The van der Waals surface area contributed by atoms with Gasteiger partial charge in [-0.05, 0) is 33.8 Å². The minimum atomic E-state index is 0.762. The van der Waals surface area contributed by atoms with Gasteiger partial charge in [-0.3, -0.25) is 0 Å². The van der Waals surface area contributed by atoms with Gasteiger partial charge in [0.1, 0.15) is 11.5 Å². The molecule has 0 radical (unpaired) electrons. The van der Waals surface area contributed by atoms with E-state index in [1.54, 1.807) is 49.1 Å². The van der Waals surface area contributed by atoms with Gasteiger partial charge in [0.2, 0.25) is 0 Å². The molecular formula is C13H15BrN2O2S3. The Bertz CT molecular complexity index is 607. The predicted molar refractivity (Wildman–Crippen MR) is 93.1 cm³/mol. The summed E-state index contributed by atoms with van der Waals surface area (Å²) in [5.41, 5.74) is 1.07. The Morgan fingerprint density at radius 3 is 2.38 bits per heavy atom. The molecule has 1 heterocycles. The SMILES string of the molecule is CCSc1nnc(SCc2cc(OC)c(Br)cc2OC)s1. The molecule has 0 amide bonds. The van der Waals surface area contributed by atoms with Crippen molar-refractivity contribution in [1.82, 2.24) is 10.2 Å². The third-order valence-electron chi connectivity index (χ3n) is 2.56. The highest BCUT2D eigenvalue weighted by atomic mass is 79.9. The second kappa shape index (κ2) is 8.26. The number of rotatable bonds is 7. The van der Waals surface area contributed by atoms with E-state index in [1.807, 2.05) is 12.1 Å². The molecule has 2 aromatic rings. The Balaban J connectivity index is 2.10. The summed E-state index contributed by atoms with van der Waals surface area (Å²) in [7, 11) is 3.33. The molecule has 21 heavy (non-hydrogen) atoms. The van der Waals surface area contributed by atoms with Crippen molar-refractivity contribution in [2.24, 2.45) is 0 Å². The van der Waals surface area contributed by atoms with Crippen molar-refractivity contribution in [3.63, 3.8) is 0 Å². The number of thioether (sulfide) groups is 2. The number of hydrogen-bond donors (Lipinski definition) is 0. The Morgan fingerprint density at radius 1 is 1.10 bits per heavy atom. The van der Waals surface area contributed by atoms with E-state index in [9.17, 15) is 0 Å². The summed E-state index contributed by atoms with van der Waals surface area (Å²) in [6.07, 6.45) is 0. The zero-order valence-electron chi connectivity index (χ0n) is 11.9. The Labute approximate surface area is 145 Å². The fourth-order valence-electron chi connectivity index (χ4n) is 1.61. The molecule has 0 atom stereocenters. The summed E-state index contributed by atoms with van der Waals surface area (Å²) in [6.45, 7) is 2.11. The lowest BCUT2D eigenvalue weighted by molar-refractivity contribution is 0.398. The zero-order chi connectivity index (χ0) is 15.2. The number of nitrogens with zero attached hydrogens (tertiary/aromatic N) is 2. The first kappa shape index (κ1) is 16.9. The summed E-state index contributed by atoms with van der Waals surface area (Å²) in [5.74, 6) is 3.41. The van der Waals surface area contributed by atoms with E-state index in [-0.39, 0.29) is 0 Å². The van der Waals surface area contributed by atoms with Crippen LogP contribution in [0.25, 0.3) is 0 Å². The first-order valence-electron chi connectivity index (χ1n) is 6.17. The van der Waals surface area contributed by atoms with Crippen LogP contribution in [0.4, 0.5) is 0 Å². The Morgan fingerprint density at radius 2 is 1.76 bits per heavy atom. The van der Waals surface area contributed by atoms with Crippen LogP contribution in [0.15, 0.2) is 25.3 Å². The average molecular weight is 407 g/mol. The van der Waals surface area contributed by atoms with E-state index in [0.29, 0.717) is 0 Å². The Kier molecular flexibility index (Phi) is 6.66. The van der Waals surface area contributed by atoms with Crippen molar-refractivity contribution in [3.8, 4) is 11.5 Å². The fourth-order valence-corrected chi connectivity index (χ4v) is 4.99. The zero-order valence-corrected chi connectivity index (χ0v) is 15.9. The molecule has 0 aliphatic heterocycles. The van der Waals surface area contributed by atoms with Gasteiger partial charge in [-0.25, -0.2) is 0 Å². The van der Waals surface area contributed by atoms with Crippen LogP contribution in [0.2, 0.25) is 0 Å². The molecular weight excluding hydrogens is 392 g/mol. The summed E-state index contributed by atoms with van der Waals surface area (Å²) in [5, 5.41) is 8.35. The smallest absolute Gasteiger partial charge is 0.175 e. The number of halogens is 1. The first-order chi connectivity index (χ1) is 10.2. The molecule has 114 valence electrons. The number of methoxy groups -OCH3 is 2. The van der Waals surface area contributed by atoms with E-state index in [2.05, 4.69) is 33.1 Å². The van der Waals surface area contributed by atoms with E-state index >= 15 is 0 Å². The second-order valence-electron chi connectivity index (χ2n) is 3.85. The largest absolute Gasteiger partial charge is 0.496 e. The lowest BCUT2D eigenvalue weighted by Crippen LogP contribution is -1.93. The molecule has 0 aliphatic carbocycles. The molecule has 0 aliphatic rings. The summed E-state index contributed by atoms with van der Waals surface area (Å²) in [4.78, 5) is 0. The molecule has 4 nitrogen and oxygen atoms in total. The fraction of sp³-hybridized carbons (Fsp3) is 0.385. The molecule has 1 aromatic carbocycles. The van der Waals surface area contributed by atoms with Crippen LogP contribution in [0.3, 0.4) is 0 Å². The number of benzene rings is 1. The summed E-state index contributed by atoms with van der Waals surface area (Å²) < 4.78 is 13.6. The third-order valence-corrected chi connectivity index (χ3v) is 6.30. The minimum absolute atomic E-state index is 0.762. The predicted octanol–water partition coefficient (Wildman–Crippen LogP) is 4.72.